The largest absolute Gasteiger partial charge is 0.322 e. The molecule has 0 atom stereocenters. The molecule has 2 amide bonds. The molecule has 108 valence electrons. The fraction of sp³-hybridized carbons (Fsp3) is 0.333. The van der Waals surface area contributed by atoms with Gasteiger partial charge in [0, 0.05) is 5.92 Å². The van der Waals surface area contributed by atoms with Crippen LogP contribution in [0.25, 0.3) is 0 Å². The smallest absolute Gasteiger partial charge is 0.246 e. The van der Waals surface area contributed by atoms with Crippen LogP contribution < -0.4 is 10.6 Å². The van der Waals surface area contributed by atoms with Gasteiger partial charge in [0.1, 0.15) is 12.9 Å². The molecule has 9 nitrogen and oxygen atoms in total. The third-order valence-corrected chi connectivity index (χ3v) is 2.89. The van der Waals surface area contributed by atoms with E-state index in [0.29, 0.717) is 11.5 Å². The van der Waals surface area contributed by atoms with E-state index in [1.54, 1.807) is 0 Å². The van der Waals surface area contributed by atoms with E-state index in [9.17, 15) is 9.59 Å². The molecule has 9 heteroatoms. The summed E-state index contributed by atoms with van der Waals surface area (Å²) >= 11 is 0. The summed E-state index contributed by atoms with van der Waals surface area (Å²) in [4.78, 5) is 30.9. The van der Waals surface area contributed by atoms with Crippen molar-refractivity contribution < 1.29 is 9.59 Å². The van der Waals surface area contributed by atoms with Gasteiger partial charge in [-0.05, 0) is 12.8 Å². The van der Waals surface area contributed by atoms with Gasteiger partial charge in [-0.3, -0.25) is 9.59 Å². The molecule has 0 bridgehead atoms. The summed E-state index contributed by atoms with van der Waals surface area (Å²) in [5.41, 5.74) is 0.505. The van der Waals surface area contributed by atoms with Crippen LogP contribution >= 0.6 is 0 Å². The summed E-state index contributed by atoms with van der Waals surface area (Å²) in [7, 11) is 0. The predicted molar refractivity (Wildman–Crippen MR) is 72.0 cm³/mol. The monoisotopic (exact) mass is 287 g/mol. The maximum atomic E-state index is 11.8. The van der Waals surface area contributed by atoms with Crippen molar-refractivity contribution in [2.24, 2.45) is 5.92 Å². The lowest BCUT2D eigenvalue weighted by atomic mass is 10.4. The summed E-state index contributed by atoms with van der Waals surface area (Å²) in [6.07, 6.45) is 7.72. The second-order valence-electron chi connectivity index (χ2n) is 4.74. The van der Waals surface area contributed by atoms with Gasteiger partial charge in [0.05, 0.1) is 24.3 Å². The molecule has 1 saturated carbocycles. The molecule has 1 aliphatic rings. The first-order valence-corrected chi connectivity index (χ1v) is 6.46. The van der Waals surface area contributed by atoms with Crippen LogP contribution in [0.15, 0.2) is 24.9 Å². The highest BCUT2D eigenvalue weighted by atomic mass is 16.2. The second kappa shape index (κ2) is 5.65. The minimum absolute atomic E-state index is 0.0127. The summed E-state index contributed by atoms with van der Waals surface area (Å²) in [6.45, 7) is -0.0127. The van der Waals surface area contributed by atoms with Crippen LogP contribution in [-0.2, 0) is 16.1 Å². The Morgan fingerprint density at radius 1 is 1.24 bits per heavy atom. The molecule has 0 unspecified atom stereocenters. The van der Waals surface area contributed by atoms with E-state index in [4.69, 9.17) is 0 Å². The van der Waals surface area contributed by atoms with Crippen LogP contribution in [0.3, 0.4) is 0 Å². The van der Waals surface area contributed by atoms with E-state index in [0.717, 1.165) is 12.8 Å². The molecule has 0 saturated heterocycles. The predicted octanol–water partition coefficient (Wildman–Crippen LogP) is 0.0553. The molecule has 1 fully saturated rings. The topological polar surface area (TPSA) is 115 Å². The van der Waals surface area contributed by atoms with E-state index in [1.165, 1.54) is 29.6 Å². The summed E-state index contributed by atoms with van der Waals surface area (Å²) in [6, 6.07) is 0. The lowest BCUT2D eigenvalue weighted by molar-refractivity contribution is -0.117. The number of rotatable bonds is 5. The van der Waals surface area contributed by atoms with Crippen LogP contribution in [0.4, 0.5) is 11.5 Å². The Kier molecular flexibility index (Phi) is 3.54. The Balaban J connectivity index is 1.54. The Morgan fingerprint density at radius 3 is 2.71 bits per heavy atom. The fourth-order valence-electron chi connectivity index (χ4n) is 1.72. The molecule has 0 aromatic carbocycles. The Hall–Kier alpha value is -2.84. The molecule has 0 aliphatic heterocycles. The van der Waals surface area contributed by atoms with Crippen LogP contribution in [0.2, 0.25) is 0 Å². The van der Waals surface area contributed by atoms with Crippen molar-refractivity contribution in [1.82, 2.24) is 25.0 Å². The highest BCUT2D eigenvalue weighted by Gasteiger charge is 2.30. The van der Waals surface area contributed by atoms with E-state index in [-0.39, 0.29) is 24.3 Å². The first kappa shape index (κ1) is 13.2. The summed E-state index contributed by atoms with van der Waals surface area (Å²) in [5, 5.41) is 12.9. The molecule has 21 heavy (non-hydrogen) atoms. The normalized spacial score (nSPS) is 13.7. The van der Waals surface area contributed by atoms with Crippen molar-refractivity contribution in [3.05, 3.63) is 24.9 Å². The Morgan fingerprint density at radius 2 is 2.00 bits per heavy atom. The first-order chi connectivity index (χ1) is 10.2. The average molecular weight is 287 g/mol. The number of nitrogens with one attached hydrogen (secondary N) is 2. The van der Waals surface area contributed by atoms with Crippen molar-refractivity contribution in [3.8, 4) is 0 Å². The van der Waals surface area contributed by atoms with Crippen molar-refractivity contribution in [1.29, 1.82) is 0 Å². The van der Waals surface area contributed by atoms with Gasteiger partial charge in [0.2, 0.25) is 11.8 Å². The van der Waals surface area contributed by atoms with Gasteiger partial charge in [0.25, 0.3) is 0 Å². The fourth-order valence-corrected chi connectivity index (χ4v) is 1.72. The van der Waals surface area contributed by atoms with Gasteiger partial charge in [-0.15, -0.1) is 5.10 Å². The van der Waals surface area contributed by atoms with Crippen LogP contribution in [0.5, 0.6) is 0 Å². The van der Waals surface area contributed by atoms with Crippen molar-refractivity contribution in [3.63, 3.8) is 0 Å². The first-order valence-electron chi connectivity index (χ1n) is 6.46. The zero-order valence-electron chi connectivity index (χ0n) is 11.1. The maximum absolute atomic E-state index is 11.8. The number of hydrogen-bond donors (Lipinski definition) is 2. The zero-order chi connectivity index (χ0) is 14.7. The number of carbonyl (C=O) groups excluding carboxylic acids is 2. The molecule has 2 N–H and O–H groups in total. The molecule has 3 rings (SSSR count). The van der Waals surface area contributed by atoms with E-state index >= 15 is 0 Å². The lowest BCUT2D eigenvalue weighted by Gasteiger charge is -2.03. The van der Waals surface area contributed by atoms with Crippen molar-refractivity contribution in [2.75, 3.05) is 10.6 Å². The number of anilines is 2. The number of carbonyl (C=O) groups is 2. The highest BCUT2D eigenvalue weighted by Crippen LogP contribution is 2.29. The number of amides is 2. The third kappa shape index (κ3) is 3.59. The van der Waals surface area contributed by atoms with Gasteiger partial charge in [-0.2, -0.15) is 0 Å². The highest BCUT2D eigenvalue weighted by molar-refractivity contribution is 5.93. The second-order valence-corrected chi connectivity index (χ2v) is 4.74. The molecule has 2 aromatic heterocycles. The molecule has 2 aromatic rings. The number of hydrogen-bond acceptors (Lipinski definition) is 6. The molecule has 0 radical (unpaired) electrons. The summed E-state index contributed by atoms with van der Waals surface area (Å²) in [5.74, 6) is 0.113. The number of aromatic nitrogens is 5. The van der Waals surface area contributed by atoms with E-state index < -0.39 is 0 Å². The molecular formula is C12H13N7O2. The van der Waals surface area contributed by atoms with Gasteiger partial charge in [-0.1, -0.05) is 5.21 Å². The van der Waals surface area contributed by atoms with E-state index in [1.807, 2.05) is 0 Å². The van der Waals surface area contributed by atoms with Gasteiger partial charge >= 0.3 is 0 Å². The Labute approximate surface area is 119 Å². The van der Waals surface area contributed by atoms with Crippen LogP contribution in [0, 0.1) is 5.92 Å². The summed E-state index contributed by atoms with van der Waals surface area (Å²) < 4.78 is 1.35. The molecule has 2 heterocycles. The SMILES string of the molecule is O=C(Cn1cc(NC(=O)C2CC2)nn1)Nc1cncnc1. The van der Waals surface area contributed by atoms with Gasteiger partial charge in [0.15, 0.2) is 5.82 Å². The van der Waals surface area contributed by atoms with Gasteiger partial charge in [-0.25, -0.2) is 14.6 Å². The quantitative estimate of drug-likeness (QED) is 0.803. The lowest BCUT2D eigenvalue weighted by Crippen LogP contribution is -2.19. The Bertz CT molecular complexity index is 651. The minimum atomic E-state index is -0.283. The molecule has 1 aliphatic carbocycles. The van der Waals surface area contributed by atoms with Gasteiger partial charge < -0.3 is 10.6 Å². The standard InChI is InChI=1S/C12H13N7O2/c20-11(15-9-3-13-7-14-4-9)6-19-5-10(17-18-19)16-12(21)8-1-2-8/h3-5,7-8H,1-2,6H2,(H,15,20)(H,16,21). The molecular weight excluding hydrogens is 274 g/mol. The van der Waals surface area contributed by atoms with Crippen molar-refractivity contribution >= 4 is 23.3 Å². The molecule has 0 spiro atoms. The van der Waals surface area contributed by atoms with E-state index in [2.05, 4.69) is 30.9 Å². The maximum Gasteiger partial charge on any atom is 0.246 e. The van der Waals surface area contributed by atoms with Crippen molar-refractivity contribution in [2.45, 2.75) is 19.4 Å². The third-order valence-electron chi connectivity index (χ3n) is 2.89. The van der Waals surface area contributed by atoms with Crippen LogP contribution in [-0.4, -0.2) is 36.8 Å². The average Bonchev–Trinajstić information content (AvgIpc) is 3.23. The zero-order valence-corrected chi connectivity index (χ0v) is 11.1. The number of nitrogens with zero attached hydrogens (tertiary/aromatic N) is 5. The minimum Gasteiger partial charge on any atom is -0.322 e. The van der Waals surface area contributed by atoms with Crippen LogP contribution in [0.1, 0.15) is 12.8 Å².